The van der Waals surface area contributed by atoms with Gasteiger partial charge in [0.05, 0.1) is 12.8 Å². The average molecular weight is 196 g/mol. The van der Waals surface area contributed by atoms with Gasteiger partial charge in [0.1, 0.15) is 5.76 Å². The van der Waals surface area contributed by atoms with Crippen LogP contribution in [0.4, 0.5) is 4.79 Å². The Morgan fingerprint density at radius 1 is 1.64 bits per heavy atom. The monoisotopic (exact) mass is 196 g/mol. The molecule has 4 heteroatoms. The molecular formula is C10H16N2O2. The van der Waals surface area contributed by atoms with E-state index in [0.717, 1.165) is 12.2 Å². The lowest BCUT2D eigenvalue weighted by molar-refractivity contribution is 0.236. The number of carbonyl (C=O) groups excluding carboxylic acids is 1. The number of amides is 2. The van der Waals surface area contributed by atoms with E-state index >= 15 is 0 Å². The number of urea groups is 1. The maximum atomic E-state index is 11.2. The molecule has 0 aliphatic heterocycles. The first-order valence-electron chi connectivity index (χ1n) is 4.79. The van der Waals surface area contributed by atoms with Crippen molar-refractivity contribution in [1.82, 2.24) is 10.6 Å². The van der Waals surface area contributed by atoms with Crippen molar-refractivity contribution in [2.75, 3.05) is 0 Å². The van der Waals surface area contributed by atoms with Crippen molar-refractivity contribution in [2.24, 2.45) is 0 Å². The van der Waals surface area contributed by atoms with Gasteiger partial charge >= 0.3 is 6.03 Å². The minimum atomic E-state index is -0.157. The summed E-state index contributed by atoms with van der Waals surface area (Å²) in [5.41, 5.74) is 0. The van der Waals surface area contributed by atoms with Crippen LogP contribution in [0, 0.1) is 0 Å². The SMILES string of the molecule is CC[C@@H](C)NC(=O)NCc1ccco1. The van der Waals surface area contributed by atoms with Gasteiger partial charge < -0.3 is 15.1 Å². The van der Waals surface area contributed by atoms with E-state index in [0.29, 0.717) is 6.54 Å². The number of furan rings is 1. The lowest BCUT2D eigenvalue weighted by atomic mass is 10.3. The van der Waals surface area contributed by atoms with Crippen LogP contribution in [0.3, 0.4) is 0 Å². The van der Waals surface area contributed by atoms with Crippen LogP contribution in [0.2, 0.25) is 0 Å². The van der Waals surface area contributed by atoms with Crippen LogP contribution in [-0.4, -0.2) is 12.1 Å². The Labute approximate surface area is 83.7 Å². The summed E-state index contributed by atoms with van der Waals surface area (Å²) in [4.78, 5) is 11.2. The van der Waals surface area contributed by atoms with Gasteiger partial charge in [-0.05, 0) is 25.5 Å². The predicted molar refractivity (Wildman–Crippen MR) is 53.8 cm³/mol. The van der Waals surface area contributed by atoms with Gasteiger partial charge in [0, 0.05) is 6.04 Å². The van der Waals surface area contributed by atoms with Crippen molar-refractivity contribution in [2.45, 2.75) is 32.9 Å². The molecule has 1 atom stereocenters. The van der Waals surface area contributed by atoms with Crippen molar-refractivity contribution in [3.8, 4) is 0 Å². The number of nitrogens with one attached hydrogen (secondary N) is 2. The summed E-state index contributed by atoms with van der Waals surface area (Å²) in [6.07, 6.45) is 2.51. The van der Waals surface area contributed by atoms with Crippen LogP contribution in [0.1, 0.15) is 26.0 Å². The molecule has 0 fully saturated rings. The number of hydrogen-bond acceptors (Lipinski definition) is 2. The molecular weight excluding hydrogens is 180 g/mol. The molecule has 0 saturated carbocycles. The second-order valence-corrected chi connectivity index (χ2v) is 3.22. The molecule has 4 nitrogen and oxygen atoms in total. The van der Waals surface area contributed by atoms with Crippen LogP contribution in [0.15, 0.2) is 22.8 Å². The topological polar surface area (TPSA) is 54.3 Å². The number of rotatable bonds is 4. The minimum absolute atomic E-state index is 0.157. The van der Waals surface area contributed by atoms with Gasteiger partial charge in [0.25, 0.3) is 0 Å². The fourth-order valence-electron chi connectivity index (χ4n) is 0.957. The van der Waals surface area contributed by atoms with Crippen LogP contribution >= 0.6 is 0 Å². The minimum Gasteiger partial charge on any atom is -0.467 e. The van der Waals surface area contributed by atoms with Crippen molar-refractivity contribution >= 4 is 6.03 Å². The Morgan fingerprint density at radius 3 is 3.00 bits per heavy atom. The van der Waals surface area contributed by atoms with E-state index in [4.69, 9.17) is 4.42 Å². The first-order chi connectivity index (χ1) is 6.72. The van der Waals surface area contributed by atoms with Gasteiger partial charge in [-0.2, -0.15) is 0 Å². The summed E-state index contributed by atoms with van der Waals surface area (Å²) >= 11 is 0. The third-order valence-electron chi connectivity index (χ3n) is 1.99. The third kappa shape index (κ3) is 3.51. The highest BCUT2D eigenvalue weighted by Crippen LogP contribution is 1.98. The molecule has 2 amide bonds. The molecule has 0 spiro atoms. The zero-order chi connectivity index (χ0) is 10.4. The quantitative estimate of drug-likeness (QED) is 0.772. The molecule has 0 radical (unpaired) electrons. The maximum absolute atomic E-state index is 11.2. The summed E-state index contributed by atoms with van der Waals surface area (Å²) in [5, 5.41) is 5.51. The molecule has 0 saturated heterocycles. The Balaban J connectivity index is 2.22. The second-order valence-electron chi connectivity index (χ2n) is 3.22. The largest absolute Gasteiger partial charge is 0.467 e. The van der Waals surface area contributed by atoms with Gasteiger partial charge in [-0.3, -0.25) is 0 Å². The number of carbonyl (C=O) groups is 1. The first kappa shape index (κ1) is 10.6. The zero-order valence-electron chi connectivity index (χ0n) is 8.54. The smallest absolute Gasteiger partial charge is 0.315 e. The highest BCUT2D eigenvalue weighted by atomic mass is 16.3. The van der Waals surface area contributed by atoms with E-state index < -0.39 is 0 Å². The summed E-state index contributed by atoms with van der Waals surface area (Å²) < 4.78 is 5.07. The van der Waals surface area contributed by atoms with Gasteiger partial charge in [-0.25, -0.2) is 4.79 Å². The average Bonchev–Trinajstić information content (AvgIpc) is 2.67. The molecule has 0 aromatic carbocycles. The van der Waals surface area contributed by atoms with Crippen molar-refractivity contribution in [3.05, 3.63) is 24.2 Å². The highest BCUT2D eigenvalue weighted by molar-refractivity contribution is 5.74. The van der Waals surface area contributed by atoms with E-state index in [1.54, 1.807) is 12.3 Å². The number of hydrogen-bond donors (Lipinski definition) is 2. The Kier molecular flexibility index (Phi) is 4.04. The van der Waals surface area contributed by atoms with Crippen LogP contribution in [0.5, 0.6) is 0 Å². The lowest BCUT2D eigenvalue weighted by Crippen LogP contribution is -2.40. The molecule has 0 unspecified atom stereocenters. The maximum Gasteiger partial charge on any atom is 0.315 e. The standard InChI is InChI=1S/C10H16N2O2/c1-3-8(2)12-10(13)11-7-9-5-4-6-14-9/h4-6,8H,3,7H2,1-2H3,(H2,11,12,13)/t8-/m1/s1. The van der Waals surface area contributed by atoms with Crippen molar-refractivity contribution in [3.63, 3.8) is 0 Å². The molecule has 1 heterocycles. The van der Waals surface area contributed by atoms with Gasteiger partial charge in [0.15, 0.2) is 0 Å². The lowest BCUT2D eigenvalue weighted by Gasteiger charge is -2.11. The molecule has 0 aliphatic carbocycles. The van der Waals surface area contributed by atoms with Crippen LogP contribution in [-0.2, 0) is 6.54 Å². The van der Waals surface area contributed by atoms with E-state index in [-0.39, 0.29) is 12.1 Å². The molecule has 1 aromatic heterocycles. The third-order valence-corrected chi connectivity index (χ3v) is 1.99. The highest BCUT2D eigenvalue weighted by Gasteiger charge is 2.04. The first-order valence-corrected chi connectivity index (χ1v) is 4.79. The van der Waals surface area contributed by atoms with Crippen LogP contribution in [0.25, 0.3) is 0 Å². The fraction of sp³-hybridized carbons (Fsp3) is 0.500. The summed E-state index contributed by atoms with van der Waals surface area (Å²) in [6.45, 7) is 4.42. The predicted octanol–water partition coefficient (Wildman–Crippen LogP) is 1.88. The molecule has 0 bridgehead atoms. The second kappa shape index (κ2) is 5.32. The van der Waals surface area contributed by atoms with E-state index in [1.165, 1.54) is 0 Å². The van der Waals surface area contributed by atoms with Gasteiger partial charge in [-0.15, -0.1) is 0 Å². The molecule has 0 aliphatic rings. The Morgan fingerprint density at radius 2 is 2.43 bits per heavy atom. The molecule has 14 heavy (non-hydrogen) atoms. The summed E-state index contributed by atoms with van der Waals surface area (Å²) in [6, 6.07) is 3.66. The summed E-state index contributed by atoms with van der Waals surface area (Å²) in [7, 11) is 0. The fourth-order valence-corrected chi connectivity index (χ4v) is 0.957. The van der Waals surface area contributed by atoms with Gasteiger partial charge in [0.2, 0.25) is 0 Å². The van der Waals surface area contributed by atoms with E-state index in [2.05, 4.69) is 10.6 Å². The zero-order valence-corrected chi connectivity index (χ0v) is 8.54. The van der Waals surface area contributed by atoms with E-state index in [9.17, 15) is 4.79 Å². The Hall–Kier alpha value is -1.45. The summed E-state index contributed by atoms with van der Waals surface area (Å²) in [5.74, 6) is 0.754. The van der Waals surface area contributed by atoms with Gasteiger partial charge in [-0.1, -0.05) is 6.92 Å². The van der Waals surface area contributed by atoms with Crippen LogP contribution < -0.4 is 10.6 Å². The molecule has 78 valence electrons. The van der Waals surface area contributed by atoms with Crippen molar-refractivity contribution < 1.29 is 9.21 Å². The van der Waals surface area contributed by atoms with Crippen molar-refractivity contribution in [1.29, 1.82) is 0 Å². The molecule has 1 aromatic rings. The normalized spacial score (nSPS) is 12.1. The Bertz CT molecular complexity index is 270. The molecule has 2 N–H and O–H groups in total. The van der Waals surface area contributed by atoms with E-state index in [1.807, 2.05) is 19.9 Å². The molecule has 1 rings (SSSR count).